The zero-order valence-corrected chi connectivity index (χ0v) is 23.9. The molecule has 0 atom stereocenters. The van der Waals surface area contributed by atoms with Gasteiger partial charge in [0, 0.05) is 11.8 Å². The number of ether oxygens (including phenoxy) is 1. The molecule has 2 aromatic carbocycles. The minimum atomic E-state index is -0.677. The number of carbonyl (C=O) groups excluding carboxylic acids is 2. The fourth-order valence-corrected chi connectivity index (χ4v) is 5.64. The molecule has 2 amide bonds. The summed E-state index contributed by atoms with van der Waals surface area (Å²) in [6.45, 7) is 0.691. The topological polar surface area (TPSA) is 92.7 Å². The van der Waals surface area contributed by atoms with Gasteiger partial charge in [-0.15, -0.1) is 0 Å². The Hall–Kier alpha value is -2.80. The molecule has 0 aromatic heterocycles. The van der Waals surface area contributed by atoms with E-state index >= 15 is 0 Å². The Morgan fingerprint density at radius 1 is 0.744 bits per heavy atom. The van der Waals surface area contributed by atoms with Crippen LogP contribution in [0, 0.1) is 0 Å². The number of hydrogen-bond acceptors (Lipinski definition) is 5. The fraction of sp³-hybridized carbons (Fsp3) is 0.531. The molecule has 3 rings (SSSR count). The molecular weight excluding hydrogens is 510 g/mol. The van der Waals surface area contributed by atoms with Crippen LogP contribution >= 0.6 is 11.8 Å². The molecule has 1 fully saturated rings. The van der Waals surface area contributed by atoms with Crippen LogP contribution in [0.4, 0.5) is 4.79 Å². The number of thioether (sulfide) groups is 1. The minimum absolute atomic E-state index is 0.313. The molecule has 2 N–H and O–H groups in total. The largest absolute Gasteiger partial charge is 0.493 e. The van der Waals surface area contributed by atoms with Crippen LogP contribution in [0.1, 0.15) is 108 Å². The van der Waals surface area contributed by atoms with Crippen LogP contribution in [-0.2, 0) is 9.59 Å². The maximum atomic E-state index is 11.9. The van der Waals surface area contributed by atoms with Crippen LogP contribution < -0.4 is 10.1 Å². The number of carbonyl (C=O) groups is 3. The van der Waals surface area contributed by atoms with Crippen molar-refractivity contribution in [2.75, 3.05) is 6.61 Å². The highest BCUT2D eigenvalue weighted by Crippen LogP contribution is 2.33. The van der Waals surface area contributed by atoms with E-state index in [1.165, 1.54) is 77.0 Å². The first kappa shape index (κ1) is 30.7. The molecule has 0 spiro atoms. The van der Waals surface area contributed by atoms with E-state index in [1.807, 2.05) is 36.4 Å². The van der Waals surface area contributed by atoms with Gasteiger partial charge < -0.3 is 9.84 Å². The third-order valence-corrected chi connectivity index (χ3v) is 7.95. The van der Waals surface area contributed by atoms with Crippen molar-refractivity contribution in [3.05, 3.63) is 46.9 Å². The summed E-state index contributed by atoms with van der Waals surface area (Å²) in [4.78, 5) is 34.3. The second-order valence-electron chi connectivity index (χ2n) is 10.3. The number of hydrogen-bond donors (Lipinski definition) is 2. The molecule has 0 saturated carbocycles. The predicted molar refractivity (Wildman–Crippen MR) is 160 cm³/mol. The number of benzene rings is 2. The molecule has 1 aliphatic heterocycles. The van der Waals surface area contributed by atoms with E-state index < -0.39 is 5.97 Å². The van der Waals surface area contributed by atoms with E-state index in [9.17, 15) is 14.4 Å². The number of unbranched alkanes of at least 4 members (excludes halogenated alkanes) is 14. The van der Waals surface area contributed by atoms with Gasteiger partial charge in [-0.2, -0.15) is 0 Å². The Kier molecular flexibility index (Phi) is 14.0. The lowest BCUT2D eigenvalue weighted by Crippen LogP contribution is -2.17. The van der Waals surface area contributed by atoms with E-state index in [0.717, 1.165) is 53.1 Å². The Balaban J connectivity index is 1.22. The Morgan fingerprint density at radius 2 is 1.28 bits per heavy atom. The zero-order valence-electron chi connectivity index (χ0n) is 23.1. The van der Waals surface area contributed by atoms with Crippen molar-refractivity contribution in [3.8, 4) is 5.75 Å². The Bertz CT molecular complexity index is 1110. The number of nitrogens with one attached hydrogen (secondary N) is 1. The lowest BCUT2D eigenvalue weighted by molar-refractivity contribution is -0.137. The van der Waals surface area contributed by atoms with Crippen molar-refractivity contribution in [1.82, 2.24) is 5.32 Å². The minimum Gasteiger partial charge on any atom is -0.493 e. The van der Waals surface area contributed by atoms with Crippen molar-refractivity contribution in [2.24, 2.45) is 0 Å². The lowest BCUT2D eigenvalue weighted by Gasteiger charge is -2.11. The van der Waals surface area contributed by atoms with Crippen LogP contribution in [0.5, 0.6) is 5.75 Å². The van der Waals surface area contributed by atoms with Gasteiger partial charge in [-0.3, -0.25) is 19.7 Å². The highest BCUT2D eigenvalue weighted by atomic mass is 32.2. The van der Waals surface area contributed by atoms with Gasteiger partial charge >= 0.3 is 5.97 Å². The summed E-state index contributed by atoms with van der Waals surface area (Å²) in [6.07, 6.45) is 20.3. The molecular formula is C32H43NO5S. The SMILES string of the molecule is O=C(O)CCCCCCCCCCCCCCCCCOc1ccc(/C=C2\SC(=O)NC2=O)c2ccccc12. The lowest BCUT2D eigenvalue weighted by atomic mass is 10.0. The van der Waals surface area contributed by atoms with Gasteiger partial charge in [-0.25, -0.2) is 0 Å². The van der Waals surface area contributed by atoms with Crippen LogP contribution in [0.2, 0.25) is 0 Å². The molecule has 1 aliphatic rings. The molecule has 212 valence electrons. The number of imide groups is 1. The number of rotatable bonds is 20. The smallest absolute Gasteiger partial charge is 0.303 e. The van der Waals surface area contributed by atoms with Crippen molar-refractivity contribution in [2.45, 2.75) is 103 Å². The molecule has 1 heterocycles. The fourth-order valence-electron chi connectivity index (χ4n) is 4.97. The molecule has 7 heteroatoms. The summed E-state index contributed by atoms with van der Waals surface area (Å²) in [5.41, 5.74) is 0.898. The third-order valence-electron chi connectivity index (χ3n) is 7.14. The number of carboxylic acid groups (broad SMARTS) is 1. The van der Waals surface area contributed by atoms with Crippen molar-refractivity contribution >= 4 is 45.7 Å². The second kappa shape index (κ2) is 17.7. The normalized spacial score (nSPS) is 14.3. The summed E-state index contributed by atoms with van der Waals surface area (Å²) < 4.78 is 6.13. The molecule has 39 heavy (non-hydrogen) atoms. The summed E-state index contributed by atoms with van der Waals surface area (Å²) in [6, 6.07) is 11.9. The molecule has 0 radical (unpaired) electrons. The van der Waals surface area contributed by atoms with E-state index in [2.05, 4.69) is 5.32 Å². The number of aliphatic carboxylic acids is 1. The second-order valence-corrected chi connectivity index (χ2v) is 11.4. The number of fused-ring (bicyclic) bond motifs is 1. The van der Waals surface area contributed by atoms with Crippen molar-refractivity contribution < 1.29 is 24.2 Å². The van der Waals surface area contributed by atoms with Crippen LogP contribution in [-0.4, -0.2) is 28.8 Å². The number of carboxylic acids is 1. The molecule has 6 nitrogen and oxygen atoms in total. The van der Waals surface area contributed by atoms with Crippen LogP contribution in [0.3, 0.4) is 0 Å². The first-order chi connectivity index (χ1) is 19.0. The Morgan fingerprint density at radius 3 is 1.82 bits per heavy atom. The maximum absolute atomic E-state index is 11.9. The molecule has 0 unspecified atom stereocenters. The Labute approximate surface area is 237 Å². The summed E-state index contributed by atoms with van der Waals surface area (Å²) >= 11 is 0.933. The van der Waals surface area contributed by atoms with E-state index in [1.54, 1.807) is 6.08 Å². The van der Waals surface area contributed by atoms with Gasteiger partial charge in [0.15, 0.2) is 0 Å². The standard InChI is InChI=1S/C32H43NO5S/c34-30(35)20-14-12-10-8-6-4-2-1-3-5-7-9-11-13-17-23-38-28-22-21-25(26-18-15-16-19-27(26)28)24-29-31(36)33-32(37)39-29/h15-16,18-19,21-22,24H,1-14,17,20,23H2,(H,34,35)(H,33,36,37)/b29-24-. The molecule has 0 aliphatic carbocycles. The number of amides is 2. The van der Waals surface area contributed by atoms with Crippen molar-refractivity contribution in [3.63, 3.8) is 0 Å². The first-order valence-corrected chi connectivity index (χ1v) is 15.5. The maximum Gasteiger partial charge on any atom is 0.303 e. The molecule has 0 bridgehead atoms. The van der Waals surface area contributed by atoms with E-state index in [0.29, 0.717) is 17.9 Å². The van der Waals surface area contributed by atoms with Crippen LogP contribution in [0.25, 0.3) is 16.8 Å². The van der Waals surface area contributed by atoms with Gasteiger partial charge in [0.2, 0.25) is 0 Å². The van der Waals surface area contributed by atoms with Gasteiger partial charge in [0.1, 0.15) is 5.75 Å². The van der Waals surface area contributed by atoms with E-state index in [4.69, 9.17) is 9.84 Å². The average molecular weight is 554 g/mol. The third kappa shape index (κ3) is 11.5. The monoisotopic (exact) mass is 553 g/mol. The first-order valence-electron chi connectivity index (χ1n) is 14.7. The van der Waals surface area contributed by atoms with E-state index in [-0.39, 0.29) is 11.1 Å². The summed E-state index contributed by atoms with van der Waals surface area (Å²) in [5, 5.41) is 12.6. The quantitative estimate of drug-likeness (QED) is 0.126. The van der Waals surface area contributed by atoms with Gasteiger partial charge in [-0.1, -0.05) is 114 Å². The molecule has 2 aromatic rings. The highest BCUT2D eigenvalue weighted by molar-refractivity contribution is 8.18. The molecule has 1 saturated heterocycles. The predicted octanol–water partition coefficient (Wildman–Crippen LogP) is 8.87. The van der Waals surface area contributed by atoms with Gasteiger partial charge in [0.05, 0.1) is 11.5 Å². The average Bonchev–Trinajstić information content (AvgIpc) is 3.24. The van der Waals surface area contributed by atoms with Gasteiger partial charge in [0.25, 0.3) is 11.1 Å². The summed E-state index contributed by atoms with van der Waals surface area (Å²) in [7, 11) is 0. The zero-order chi connectivity index (χ0) is 27.7. The van der Waals surface area contributed by atoms with Crippen LogP contribution in [0.15, 0.2) is 41.3 Å². The van der Waals surface area contributed by atoms with Gasteiger partial charge in [-0.05, 0) is 47.7 Å². The highest BCUT2D eigenvalue weighted by Gasteiger charge is 2.25. The van der Waals surface area contributed by atoms with Crippen molar-refractivity contribution in [1.29, 1.82) is 0 Å². The summed E-state index contributed by atoms with van der Waals surface area (Å²) in [5.74, 6) is -0.168.